The summed E-state index contributed by atoms with van der Waals surface area (Å²) in [5.74, 6) is 0. The molecule has 1 heteroatoms. The SMILES string of the molecule is C1=c2ccc3ccccc3c2=NC1. The average Bonchev–Trinajstić information content (AvgIpc) is 2.65. The van der Waals surface area contributed by atoms with Gasteiger partial charge >= 0.3 is 0 Å². The molecule has 2 aromatic carbocycles. The van der Waals surface area contributed by atoms with Gasteiger partial charge in [-0.05, 0) is 10.6 Å². The van der Waals surface area contributed by atoms with Gasteiger partial charge in [0.1, 0.15) is 0 Å². The molecule has 0 aliphatic carbocycles. The van der Waals surface area contributed by atoms with Crippen molar-refractivity contribution in [2.45, 2.75) is 0 Å². The zero-order valence-electron chi connectivity index (χ0n) is 7.20. The lowest BCUT2D eigenvalue weighted by molar-refractivity contribution is 1.24. The van der Waals surface area contributed by atoms with E-state index in [0.29, 0.717) is 0 Å². The lowest BCUT2D eigenvalue weighted by atomic mass is 10.1. The van der Waals surface area contributed by atoms with Gasteiger partial charge in [-0.15, -0.1) is 0 Å². The fraction of sp³-hybridized carbons (Fsp3) is 0.0833. The highest BCUT2D eigenvalue weighted by Gasteiger charge is 1.99. The van der Waals surface area contributed by atoms with E-state index in [1.165, 1.54) is 16.0 Å². The first-order valence-corrected chi connectivity index (χ1v) is 4.47. The second kappa shape index (κ2) is 2.43. The third kappa shape index (κ3) is 0.903. The molecule has 0 fully saturated rings. The number of benzene rings is 2. The highest BCUT2D eigenvalue weighted by atomic mass is 14.7. The van der Waals surface area contributed by atoms with Crippen LogP contribution < -0.4 is 10.6 Å². The Kier molecular flexibility index (Phi) is 1.28. The number of hydrogen-bond acceptors (Lipinski definition) is 1. The van der Waals surface area contributed by atoms with E-state index < -0.39 is 0 Å². The Morgan fingerprint density at radius 1 is 1.00 bits per heavy atom. The minimum absolute atomic E-state index is 0.837. The summed E-state index contributed by atoms with van der Waals surface area (Å²) >= 11 is 0. The minimum Gasteiger partial charge on any atom is -0.280 e. The lowest BCUT2D eigenvalue weighted by Gasteiger charge is -1.95. The third-order valence-electron chi connectivity index (χ3n) is 2.49. The third-order valence-corrected chi connectivity index (χ3v) is 2.49. The van der Waals surface area contributed by atoms with E-state index in [9.17, 15) is 0 Å². The summed E-state index contributed by atoms with van der Waals surface area (Å²) in [6, 6.07) is 12.7. The molecule has 0 amide bonds. The van der Waals surface area contributed by atoms with E-state index >= 15 is 0 Å². The maximum Gasteiger partial charge on any atom is 0.0726 e. The zero-order chi connectivity index (χ0) is 8.67. The van der Waals surface area contributed by atoms with Crippen molar-refractivity contribution in [1.29, 1.82) is 0 Å². The number of rotatable bonds is 0. The van der Waals surface area contributed by atoms with Crippen LogP contribution in [0.2, 0.25) is 0 Å². The first kappa shape index (κ1) is 6.84. The summed E-state index contributed by atoms with van der Waals surface area (Å²) in [5.41, 5.74) is 0. The molecule has 2 aromatic rings. The van der Waals surface area contributed by atoms with Crippen LogP contribution in [0.25, 0.3) is 16.8 Å². The molecule has 0 radical (unpaired) electrons. The van der Waals surface area contributed by atoms with Gasteiger partial charge in [-0.2, -0.15) is 0 Å². The van der Waals surface area contributed by atoms with Crippen molar-refractivity contribution in [2.75, 3.05) is 6.54 Å². The van der Waals surface area contributed by atoms with Crippen molar-refractivity contribution >= 4 is 16.8 Å². The van der Waals surface area contributed by atoms with E-state index in [0.717, 1.165) is 11.9 Å². The topological polar surface area (TPSA) is 12.4 Å². The van der Waals surface area contributed by atoms with Crippen molar-refractivity contribution in [3.8, 4) is 0 Å². The second-order valence-corrected chi connectivity index (χ2v) is 3.27. The fourth-order valence-electron chi connectivity index (χ4n) is 1.85. The Morgan fingerprint density at radius 3 is 2.92 bits per heavy atom. The van der Waals surface area contributed by atoms with E-state index in [2.05, 4.69) is 47.5 Å². The number of fused-ring (bicyclic) bond motifs is 3. The normalized spacial score (nSPS) is 13.5. The van der Waals surface area contributed by atoms with Crippen molar-refractivity contribution in [3.05, 3.63) is 47.0 Å². The predicted octanol–water partition coefficient (Wildman–Crippen LogP) is 1.25. The van der Waals surface area contributed by atoms with Gasteiger partial charge in [0.2, 0.25) is 0 Å². The molecule has 0 aromatic heterocycles. The first-order valence-electron chi connectivity index (χ1n) is 4.47. The van der Waals surface area contributed by atoms with Crippen LogP contribution in [0, 0.1) is 0 Å². The van der Waals surface area contributed by atoms with Crippen molar-refractivity contribution in [3.63, 3.8) is 0 Å². The summed E-state index contributed by atoms with van der Waals surface area (Å²) in [6.45, 7) is 0.837. The molecule has 0 atom stereocenters. The summed E-state index contributed by atoms with van der Waals surface area (Å²) in [4.78, 5) is 4.47. The van der Waals surface area contributed by atoms with Gasteiger partial charge in [0, 0.05) is 5.39 Å². The van der Waals surface area contributed by atoms with Crippen LogP contribution in [-0.2, 0) is 0 Å². The monoisotopic (exact) mass is 167 g/mol. The molecule has 13 heavy (non-hydrogen) atoms. The standard InChI is InChI=1S/C12H9N/c1-2-4-11-9(3-1)5-6-10-7-8-13-12(10)11/h1-7H,8H2. The molecule has 1 nitrogen and oxygen atoms in total. The maximum absolute atomic E-state index is 4.47. The molecule has 0 unspecified atom stereocenters. The summed E-state index contributed by atoms with van der Waals surface area (Å²) in [5, 5.41) is 4.99. The Labute approximate surface area is 76.0 Å². The Hall–Kier alpha value is -1.63. The van der Waals surface area contributed by atoms with Gasteiger partial charge in [0.15, 0.2) is 0 Å². The van der Waals surface area contributed by atoms with Crippen LogP contribution in [0.3, 0.4) is 0 Å². The highest BCUT2D eigenvalue weighted by molar-refractivity contribution is 5.82. The molecule has 3 rings (SSSR count). The Balaban J connectivity index is 2.67. The quantitative estimate of drug-likeness (QED) is 0.560. The molecule has 0 saturated heterocycles. The zero-order valence-corrected chi connectivity index (χ0v) is 7.20. The highest BCUT2D eigenvalue weighted by Crippen LogP contribution is 2.06. The number of hydrogen-bond donors (Lipinski definition) is 0. The largest absolute Gasteiger partial charge is 0.280 e. The molecule has 0 spiro atoms. The minimum atomic E-state index is 0.837. The van der Waals surface area contributed by atoms with Gasteiger partial charge in [-0.3, -0.25) is 4.99 Å². The molecule has 1 aliphatic heterocycles. The first-order chi connectivity index (χ1) is 6.45. The molecule has 62 valence electrons. The lowest BCUT2D eigenvalue weighted by Crippen LogP contribution is -2.21. The van der Waals surface area contributed by atoms with Gasteiger partial charge in [0.25, 0.3) is 0 Å². The van der Waals surface area contributed by atoms with Gasteiger partial charge in [-0.25, -0.2) is 0 Å². The molecule has 1 aliphatic rings. The Morgan fingerprint density at radius 2 is 1.92 bits per heavy atom. The van der Waals surface area contributed by atoms with Crippen molar-refractivity contribution < 1.29 is 0 Å². The van der Waals surface area contributed by atoms with E-state index in [4.69, 9.17) is 0 Å². The van der Waals surface area contributed by atoms with Crippen LogP contribution >= 0.6 is 0 Å². The van der Waals surface area contributed by atoms with Crippen LogP contribution in [0.5, 0.6) is 0 Å². The molecule has 0 bridgehead atoms. The van der Waals surface area contributed by atoms with Gasteiger partial charge < -0.3 is 0 Å². The maximum atomic E-state index is 4.47. The molecular weight excluding hydrogens is 158 g/mol. The Bertz CT molecular complexity index is 582. The summed E-state index contributed by atoms with van der Waals surface area (Å²) in [6.07, 6.45) is 2.17. The van der Waals surface area contributed by atoms with Crippen LogP contribution in [0.4, 0.5) is 0 Å². The average molecular weight is 167 g/mol. The summed E-state index contributed by atoms with van der Waals surface area (Å²) < 4.78 is 0. The van der Waals surface area contributed by atoms with Gasteiger partial charge in [-0.1, -0.05) is 42.5 Å². The van der Waals surface area contributed by atoms with E-state index in [-0.39, 0.29) is 0 Å². The molecule has 1 heterocycles. The van der Waals surface area contributed by atoms with E-state index in [1.54, 1.807) is 0 Å². The van der Waals surface area contributed by atoms with Crippen LogP contribution in [0.1, 0.15) is 0 Å². The van der Waals surface area contributed by atoms with Crippen molar-refractivity contribution in [2.24, 2.45) is 4.99 Å². The predicted molar refractivity (Wildman–Crippen MR) is 54.1 cm³/mol. The van der Waals surface area contributed by atoms with E-state index in [1.807, 2.05) is 0 Å². The van der Waals surface area contributed by atoms with Crippen LogP contribution in [0.15, 0.2) is 41.4 Å². The number of nitrogens with zero attached hydrogens (tertiary/aromatic N) is 1. The van der Waals surface area contributed by atoms with Crippen molar-refractivity contribution in [1.82, 2.24) is 0 Å². The van der Waals surface area contributed by atoms with Crippen LogP contribution in [-0.4, -0.2) is 6.54 Å². The molecule has 0 saturated carbocycles. The molecule has 0 N–H and O–H groups in total. The fourth-order valence-corrected chi connectivity index (χ4v) is 1.85. The second-order valence-electron chi connectivity index (χ2n) is 3.27. The molecular formula is C12H9N. The smallest absolute Gasteiger partial charge is 0.0726 e. The van der Waals surface area contributed by atoms with Gasteiger partial charge in [0.05, 0.1) is 11.9 Å². The summed E-state index contributed by atoms with van der Waals surface area (Å²) in [7, 11) is 0.